The number of esters is 4. The van der Waals surface area contributed by atoms with E-state index in [-0.39, 0.29) is 25.7 Å². The Labute approximate surface area is 556 Å². The highest BCUT2D eigenvalue weighted by Gasteiger charge is 2.30. The number of phosphoric ester groups is 2. The molecule has 17 nitrogen and oxygen atoms in total. The van der Waals surface area contributed by atoms with Crippen molar-refractivity contribution in [2.24, 2.45) is 17.8 Å². The molecule has 0 aromatic heterocycles. The van der Waals surface area contributed by atoms with Crippen LogP contribution in [-0.4, -0.2) is 96.7 Å². The van der Waals surface area contributed by atoms with Crippen molar-refractivity contribution >= 4 is 39.5 Å². The lowest BCUT2D eigenvalue weighted by molar-refractivity contribution is -0.161. The van der Waals surface area contributed by atoms with Crippen molar-refractivity contribution in [3.63, 3.8) is 0 Å². The molecule has 0 amide bonds. The van der Waals surface area contributed by atoms with Crippen molar-refractivity contribution < 1.29 is 80.2 Å². The molecule has 19 heteroatoms. The lowest BCUT2D eigenvalue weighted by Gasteiger charge is -2.21. The molecule has 0 fully saturated rings. The van der Waals surface area contributed by atoms with Crippen LogP contribution in [0.2, 0.25) is 0 Å². The summed E-state index contributed by atoms with van der Waals surface area (Å²) in [6.45, 7) is 11.8. The first-order valence-corrected chi connectivity index (χ1v) is 40.3. The number of hydrogen-bond acceptors (Lipinski definition) is 15. The maximum Gasteiger partial charge on any atom is 0.472 e. The maximum absolute atomic E-state index is 13.0. The van der Waals surface area contributed by atoms with Gasteiger partial charge in [0.25, 0.3) is 0 Å². The lowest BCUT2D eigenvalue weighted by atomic mass is 10.0. The quantitative estimate of drug-likeness (QED) is 0.0222. The number of unbranched alkanes of at least 4 members (excludes halogenated alkanes) is 38. The highest BCUT2D eigenvalue weighted by atomic mass is 31.2. The summed E-state index contributed by atoms with van der Waals surface area (Å²) >= 11 is 0. The van der Waals surface area contributed by atoms with Crippen LogP contribution in [0.3, 0.4) is 0 Å². The van der Waals surface area contributed by atoms with Crippen LogP contribution in [-0.2, 0) is 65.4 Å². The standard InChI is InChI=1S/C72H140O17P2/c1-8-9-10-11-12-13-24-32-39-46-53-69(74)82-60-68(89-72(77)56-49-42-35-28-27-31-38-45-52-65(6)7)62-87-91(80,81)85-58-66(73)57-84-90(78,79)86-61-67(88-71(76)55-48-41-34-26-21-17-15-19-23-30-37-44-51-64(4)5)59-83-70(75)54-47-40-33-25-20-16-14-18-22-29-36-43-50-63(2)3/h63-68,73H,8-62H2,1-7H3,(H,78,79)(H,80,81)/t66-,67-,68-/m1/s1. The van der Waals surface area contributed by atoms with E-state index in [4.69, 9.17) is 37.0 Å². The van der Waals surface area contributed by atoms with E-state index in [2.05, 4.69) is 48.5 Å². The second-order valence-corrected chi connectivity index (χ2v) is 30.3. The average Bonchev–Trinajstić information content (AvgIpc) is 3.12. The normalized spacial score (nSPS) is 14.2. The Morgan fingerprint density at radius 2 is 0.505 bits per heavy atom. The minimum absolute atomic E-state index is 0.104. The van der Waals surface area contributed by atoms with Crippen molar-refractivity contribution in [1.29, 1.82) is 0 Å². The Bertz CT molecular complexity index is 1780. The largest absolute Gasteiger partial charge is 0.472 e. The molecular formula is C72H140O17P2. The molecule has 0 aromatic carbocycles. The van der Waals surface area contributed by atoms with Gasteiger partial charge in [0.1, 0.15) is 19.3 Å². The lowest BCUT2D eigenvalue weighted by Crippen LogP contribution is -2.30. The minimum atomic E-state index is -4.95. The second kappa shape index (κ2) is 62.8. The van der Waals surface area contributed by atoms with Crippen LogP contribution < -0.4 is 0 Å². The number of ether oxygens (including phenoxy) is 4. The molecule has 0 saturated carbocycles. The fourth-order valence-electron chi connectivity index (χ4n) is 10.9. The first kappa shape index (κ1) is 89.1. The first-order valence-electron chi connectivity index (χ1n) is 37.3. The number of aliphatic hydroxyl groups excluding tert-OH is 1. The summed E-state index contributed by atoms with van der Waals surface area (Å²) in [4.78, 5) is 72.6. The summed E-state index contributed by atoms with van der Waals surface area (Å²) in [5, 5.41) is 10.6. The maximum atomic E-state index is 13.0. The van der Waals surface area contributed by atoms with E-state index in [0.717, 1.165) is 108 Å². The van der Waals surface area contributed by atoms with Crippen LogP contribution in [0.4, 0.5) is 0 Å². The van der Waals surface area contributed by atoms with Crippen LogP contribution in [0.25, 0.3) is 0 Å². The van der Waals surface area contributed by atoms with Gasteiger partial charge in [0.2, 0.25) is 0 Å². The Morgan fingerprint density at radius 1 is 0.297 bits per heavy atom. The van der Waals surface area contributed by atoms with Gasteiger partial charge in [-0.15, -0.1) is 0 Å². The Balaban J connectivity index is 5.25. The average molecular weight is 1340 g/mol. The van der Waals surface area contributed by atoms with E-state index in [1.165, 1.54) is 173 Å². The van der Waals surface area contributed by atoms with Gasteiger partial charge in [0.15, 0.2) is 12.2 Å². The van der Waals surface area contributed by atoms with E-state index >= 15 is 0 Å². The molecule has 0 saturated heterocycles. The molecule has 5 atom stereocenters. The van der Waals surface area contributed by atoms with Gasteiger partial charge in [0, 0.05) is 25.7 Å². The molecule has 0 aliphatic rings. The molecule has 0 rings (SSSR count). The van der Waals surface area contributed by atoms with Crippen LogP contribution in [0.15, 0.2) is 0 Å². The van der Waals surface area contributed by atoms with Crippen molar-refractivity contribution in [1.82, 2.24) is 0 Å². The Kier molecular flexibility index (Phi) is 61.5. The summed E-state index contributed by atoms with van der Waals surface area (Å²) in [5.74, 6) is 0.153. The smallest absolute Gasteiger partial charge is 0.462 e. The fourth-order valence-corrected chi connectivity index (χ4v) is 12.5. The topological polar surface area (TPSA) is 237 Å². The van der Waals surface area contributed by atoms with E-state index in [9.17, 15) is 43.2 Å². The summed E-state index contributed by atoms with van der Waals surface area (Å²) in [7, 11) is -9.90. The predicted molar refractivity (Wildman–Crippen MR) is 368 cm³/mol. The zero-order valence-electron chi connectivity index (χ0n) is 59.3. The zero-order chi connectivity index (χ0) is 67.3. The number of phosphoric acid groups is 2. The fraction of sp³-hybridized carbons (Fsp3) is 0.944. The van der Waals surface area contributed by atoms with Crippen LogP contribution in [0, 0.1) is 17.8 Å². The second-order valence-electron chi connectivity index (χ2n) is 27.4. The Morgan fingerprint density at radius 3 is 0.747 bits per heavy atom. The highest BCUT2D eigenvalue weighted by Crippen LogP contribution is 2.45. The molecule has 0 bridgehead atoms. The van der Waals surface area contributed by atoms with Gasteiger partial charge in [-0.1, -0.05) is 312 Å². The summed E-state index contributed by atoms with van der Waals surface area (Å²) in [6.07, 6.45) is 47.1. The molecule has 91 heavy (non-hydrogen) atoms. The SMILES string of the molecule is CCCCCCCCCCCCC(=O)OC[C@H](COP(=O)(O)OC[C@H](O)COP(=O)(O)OC[C@@H](COC(=O)CCCCCCCCCCCCCCC(C)C)OC(=O)CCCCCCCCCCCCCCC(C)C)OC(=O)CCCCCCCCCCC(C)C. The monoisotopic (exact) mass is 1340 g/mol. The van der Waals surface area contributed by atoms with Gasteiger partial charge in [-0.25, -0.2) is 9.13 Å². The minimum Gasteiger partial charge on any atom is -0.462 e. The van der Waals surface area contributed by atoms with Crippen LogP contribution in [0.5, 0.6) is 0 Å². The Hall–Kier alpha value is -1.94. The first-order chi connectivity index (χ1) is 43.7. The van der Waals surface area contributed by atoms with Crippen molar-refractivity contribution in [3.8, 4) is 0 Å². The highest BCUT2D eigenvalue weighted by molar-refractivity contribution is 7.47. The molecule has 2 unspecified atom stereocenters. The number of carbonyl (C=O) groups is 4. The van der Waals surface area contributed by atoms with Gasteiger partial charge in [-0.2, -0.15) is 0 Å². The third kappa shape index (κ3) is 66.5. The van der Waals surface area contributed by atoms with Gasteiger partial charge < -0.3 is 33.8 Å². The summed E-state index contributed by atoms with van der Waals surface area (Å²) < 4.78 is 68.3. The third-order valence-corrected chi connectivity index (χ3v) is 18.5. The number of carbonyl (C=O) groups excluding carboxylic acids is 4. The molecular weight excluding hydrogens is 1200 g/mol. The molecule has 0 aromatic rings. The van der Waals surface area contributed by atoms with E-state index in [1.807, 2.05) is 0 Å². The van der Waals surface area contributed by atoms with E-state index in [1.54, 1.807) is 0 Å². The van der Waals surface area contributed by atoms with E-state index < -0.39 is 97.5 Å². The molecule has 0 heterocycles. The van der Waals surface area contributed by atoms with Gasteiger partial charge in [-0.05, 0) is 43.4 Å². The third-order valence-electron chi connectivity index (χ3n) is 16.6. The van der Waals surface area contributed by atoms with Crippen molar-refractivity contribution in [2.75, 3.05) is 39.6 Å². The number of aliphatic hydroxyl groups is 1. The van der Waals surface area contributed by atoms with Gasteiger partial charge in [-0.3, -0.25) is 37.3 Å². The molecule has 3 N–H and O–H groups in total. The summed E-state index contributed by atoms with van der Waals surface area (Å²) in [5.41, 5.74) is 0. The van der Waals surface area contributed by atoms with Crippen LogP contribution >= 0.6 is 15.6 Å². The zero-order valence-corrected chi connectivity index (χ0v) is 61.1. The number of rotatable bonds is 70. The predicted octanol–water partition coefficient (Wildman–Crippen LogP) is 20.6. The van der Waals surface area contributed by atoms with Gasteiger partial charge >= 0.3 is 39.5 Å². The van der Waals surface area contributed by atoms with Gasteiger partial charge in [0.05, 0.1) is 26.4 Å². The molecule has 540 valence electrons. The number of hydrogen-bond donors (Lipinski definition) is 3. The van der Waals surface area contributed by atoms with Crippen molar-refractivity contribution in [3.05, 3.63) is 0 Å². The molecule has 0 aliphatic heterocycles. The summed E-state index contributed by atoms with van der Waals surface area (Å²) in [6, 6.07) is 0. The van der Waals surface area contributed by atoms with Crippen molar-refractivity contribution in [2.45, 2.75) is 381 Å². The molecule has 0 spiro atoms. The molecule has 0 aliphatic carbocycles. The molecule has 0 radical (unpaired) electrons. The van der Waals surface area contributed by atoms with Crippen LogP contribution in [0.1, 0.15) is 363 Å². The van der Waals surface area contributed by atoms with E-state index in [0.29, 0.717) is 25.7 Å².